The summed E-state index contributed by atoms with van der Waals surface area (Å²) in [5.41, 5.74) is 0.519. The van der Waals surface area contributed by atoms with Gasteiger partial charge in [-0.3, -0.25) is 4.79 Å². The van der Waals surface area contributed by atoms with Crippen LogP contribution in [0.3, 0.4) is 0 Å². The molecule has 29 heavy (non-hydrogen) atoms. The number of nitrogens with zero attached hydrogens (tertiary/aromatic N) is 4. The van der Waals surface area contributed by atoms with E-state index in [1.54, 1.807) is 12.3 Å². The summed E-state index contributed by atoms with van der Waals surface area (Å²) in [5.74, 6) is 0.288. The van der Waals surface area contributed by atoms with E-state index in [1.807, 2.05) is 6.07 Å². The Kier molecular flexibility index (Phi) is 4.39. The molecule has 5 heterocycles. The molecule has 7 nitrogen and oxygen atoms in total. The smallest absolute Gasteiger partial charge is 0.265 e. The molecule has 3 fully saturated rings. The van der Waals surface area contributed by atoms with Gasteiger partial charge in [-0.15, -0.1) is 0 Å². The Morgan fingerprint density at radius 1 is 1.24 bits per heavy atom. The first kappa shape index (κ1) is 18.0. The number of alkyl halides is 2. The largest absolute Gasteiger partial charge is 0.351 e. The summed E-state index contributed by atoms with van der Waals surface area (Å²) in [4.78, 5) is 19.8. The fourth-order valence-electron chi connectivity index (χ4n) is 4.16. The van der Waals surface area contributed by atoms with Gasteiger partial charge in [0.2, 0.25) is 0 Å². The number of hydrogen-bond acceptors (Lipinski definition) is 5. The van der Waals surface area contributed by atoms with Crippen LogP contribution in [-0.4, -0.2) is 45.7 Å². The summed E-state index contributed by atoms with van der Waals surface area (Å²) in [6.45, 7) is 1.81. The molecule has 3 aliphatic rings. The predicted molar refractivity (Wildman–Crippen MR) is 104 cm³/mol. The second-order valence-corrected chi connectivity index (χ2v) is 7.44. The first-order chi connectivity index (χ1) is 14.1. The standard InChI is InChI=1S/C20H20F2N6O/c21-18(22)14-3-1-2-4-16(14)25-20(29)15-10-24-28-8-7-17(26-19(15)28)27-11-12-5-6-13(27)9-23-12/h1-4,7-8,10,12-13,18,23H,5-6,9,11H2,(H,25,29). The first-order valence-corrected chi connectivity index (χ1v) is 9.63. The Hall–Kier alpha value is -3.07. The summed E-state index contributed by atoms with van der Waals surface area (Å²) in [6, 6.07) is 8.61. The molecule has 150 valence electrons. The van der Waals surface area contributed by atoms with Gasteiger partial charge in [0.05, 0.1) is 6.20 Å². The van der Waals surface area contributed by atoms with E-state index in [2.05, 4.69) is 25.6 Å². The van der Waals surface area contributed by atoms with Crippen molar-refractivity contribution in [2.75, 3.05) is 23.3 Å². The Balaban J connectivity index is 1.45. The van der Waals surface area contributed by atoms with Gasteiger partial charge in [0.25, 0.3) is 12.3 Å². The van der Waals surface area contributed by atoms with Gasteiger partial charge in [-0.1, -0.05) is 18.2 Å². The molecule has 2 N–H and O–H groups in total. The number of carbonyl (C=O) groups is 1. The third-order valence-corrected chi connectivity index (χ3v) is 5.69. The SMILES string of the molecule is O=C(Nc1ccccc1C(F)F)c1cnn2ccc(N3CC4CCC3CN4)nc12. The lowest BCUT2D eigenvalue weighted by Gasteiger charge is -2.46. The number of amides is 1. The zero-order valence-electron chi connectivity index (χ0n) is 15.6. The Morgan fingerprint density at radius 3 is 2.83 bits per heavy atom. The number of carbonyl (C=O) groups excluding carboxylic acids is 1. The Bertz CT molecular complexity index is 1060. The van der Waals surface area contributed by atoms with Crippen LogP contribution in [0, 0.1) is 0 Å². The fraction of sp³-hybridized carbons (Fsp3) is 0.350. The summed E-state index contributed by atoms with van der Waals surface area (Å²) in [6.07, 6.45) is 2.78. The molecule has 0 radical (unpaired) electrons. The van der Waals surface area contributed by atoms with Crippen LogP contribution < -0.4 is 15.5 Å². The van der Waals surface area contributed by atoms with Crippen molar-refractivity contribution in [1.29, 1.82) is 0 Å². The molecule has 3 aliphatic heterocycles. The molecule has 3 aromatic rings. The molecule has 9 heteroatoms. The average Bonchev–Trinajstić information content (AvgIpc) is 3.18. The molecule has 3 saturated heterocycles. The summed E-state index contributed by atoms with van der Waals surface area (Å²) >= 11 is 0. The van der Waals surface area contributed by atoms with Crippen LogP contribution in [0.5, 0.6) is 0 Å². The highest BCUT2D eigenvalue weighted by molar-refractivity contribution is 6.08. The van der Waals surface area contributed by atoms with Crippen LogP contribution in [0.25, 0.3) is 5.65 Å². The number of halogens is 2. The number of aromatic nitrogens is 3. The molecule has 6 rings (SSSR count). The molecule has 2 aromatic heterocycles. The van der Waals surface area contributed by atoms with Crippen LogP contribution in [0.15, 0.2) is 42.7 Å². The zero-order chi connectivity index (χ0) is 20.0. The minimum absolute atomic E-state index is 0.0856. The molecular formula is C20H20F2N6O. The van der Waals surface area contributed by atoms with E-state index in [9.17, 15) is 13.6 Å². The normalized spacial score (nSPS) is 21.1. The quantitative estimate of drug-likeness (QED) is 0.707. The predicted octanol–water partition coefficient (Wildman–Crippen LogP) is 2.86. The second-order valence-electron chi connectivity index (χ2n) is 7.44. The number of para-hydroxylation sites is 1. The van der Waals surface area contributed by atoms with Crippen LogP contribution >= 0.6 is 0 Å². The summed E-state index contributed by atoms with van der Waals surface area (Å²) in [5, 5.41) is 10.3. The summed E-state index contributed by atoms with van der Waals surface area (Å²) < 4.78 is 28.0. The number of nitrogens with one attached hydrogen (secondary N) is 2. The number of anilines is 2. The van der Waals surface area contributed by atoms with Gasteiger partial charge < -0.3 is 15.5 Å². The van der Waals surface area contributed by atoms with E-state index in [0.29, 0.717) is 17.7 Å². The average molecular weight is 398 g/mol. The van der Waals surface area contributed by atoms with Gasteiger partial charge in [-0.25, -0.2) is 18.3 Å². The highest BCUT2D eigenvalue weighted by atomic mass is 19.3. The van der Waals surface area contributed by atoms with Gasteiger partial charge in [0.1, 0.15) is 11.4 Å². The lowest BCUT2D eigenvalue weighted by molar-refractivity contribution is 0.102. The van der Waals surface area contributed by atoms with Crippen molar-refractivity contribution >= 4 is 23.1 Å². The second kappa shape index (κ2) is 7.07. The van der Waals surface area contributed by atoms with Gasteiger partial charge in [0, 0.05) is 42.6 Å². The van der Waals surface area contributed by atoms with E-state index in [1.165, 1.54) is 28.9 Å². The highest BCUT2D eigenvalue weighted by Gasteiger charge is 2.34. The van der Waals surface area contributed by atoms with Crippen molar-refractivity contribution in [3.05, 3.63) is 53.9 Å². The van der Waals surface area contributed by atoms with Crippen molar-refractivity contribution in [1.82, 2.24) is 19.9 Å². The Labute approximate surface area is 165 Å². The molecule has 2 atom stereocenters. The minimum Gasteiger partial charge on any atom is -0.351 e. The maximum absolute atomic E-state index is 13.2. The van der Waals surface area contributed by atoms with Gasteiger partial charge in [0.15, 0.2) is 5.65 Å². The third-order valence-electron chi connectivity index (χ3n) is 5.69. The number of fused-ring (bicyclic) bond motifs is 4. The zero-order valence-corrected chi connectivity index (χ0v) is 15.6. The van der Waals surface area contributed by atoms with E-state index in [0.717, 1.165) is 31.7 Å². The molecule has 1 aromatic carbocycles. The van der Waals surface area contributed by atoms with E-state index < -0.39 is 12.3 Å². The maximum Gasteiger partial charge on any atom is 0.265 e. The van der Waals surface area contributed by atoms with Crippen molar-refractivity contribution < 1.29 is 13.6 Å². The highest BCUT2D eigenvalue weighted by Crippen LogP contribution is 2.29. The monoisotopic (exact) mass is 398 g/mol. The maximum atomic E-state index is 13.2. The van der Waals surface area contributed by atoms with E-state index in [4.69, 9.17) is 0 Å². The van der Waals surface area contributed by atoms with Gasteiger partial charge in [-0.05, 0) is 25.0 Å². The van der Waals surface area contributed by atoms with E-state index in [-0.39, 0.29) is 16.8 Å². The van der Waals surface area contributed by atoms with Gasteiger partial charge >= 0.3 is 0 Å². The summed E-state index contributed by atoms with van der Waals surface area (Å²) in [7, 11) is 0. The lowest BCUT2D eigenvalue weighted by Crippen LogP contribution is -2.61. The topological polar surface area (TPSA) is 74.6 Å². The number of piperazine rings is 1. The van der Waals surface area contributed by atoms with Crippen molar-refractivity contribution in [3.63, 3.8) is 0 Å². The lowest BCUT2D eigenvalue weighted by atomic mass is 9.93. The van der Waals surface area contributed by atoms with Crippen LogP contribution in [-0.2, 0) is 0 Å². The van der Waals surface area contributed by atoms with Crippen molar-refractivity contribution in [3.8, 4) is 0 Å². The van der Waals surface area contributed by atoms with Crippen LogP contribution in [0.2, 0.25) is 0 Å². The Morgan fingerprint density at radius 2 is 2.10 bits per heavy atom. The van der Waals surface area contributed by atoms with Crippen molar-refractivity contribution in [2.45, 2.75) is 31.4 Å². The van der Waals surface area contributed by atoms with Crippen molar-refractivity contribution in [2.24, 2.45) is 0 Å². The molecule has 1 amide bonds. The number of rotatable bonds is 4. The molecule has 0 spiro atoms. The number of hydrogen-bond donors (Lipinski definition) is 2. The van der Waals surface area contributed by atoms with Crippen LogP contribution in [0.1, 0.15) is 35.2 Å². The first-order valence-electron chi connectivity index (χ1n) is 9.63. The molecule has 0 aliphatic carbocycles. The number of benzene rings is 1. The molecule has 0 saturated carbocycles. The van der Waals surface area contributed by atoms with Gasteiger partial charge in [-0.2, -0.15) is 5.10 Å². The number of piperidine rings is 2. The molecular weight excluding hydrogens is 378 g/mol. The van der Waals surface area contributed by atoms with E-state index >= 15 is 0 Å². The fourth-order valence-corrected chi connectivity index (χ4v) is 4.16. The molecule has 2 bridgehead atoms. The minimum atomic E-state index is -2.68. The third kappa shape index (κ3) is 3.21. The molecule has 2 unspecified atom stereocenters. The van der Waals surface area contributed by atoms with Crippen LogP contribution in [0.4, 0.5) is 20.3 Å².